The van der Waals surface area contributed by atoms with Crippen molar-refractivity contribution >= 4 is 27.6 Å². The molecule has 0 atom stereocenters. The maximum Gasteiger partial charge on any atom is 0.416 e. The van der Waals surface area contributed by atoms with E-state index in [1.165, 1.54) is 12.1 Å². The van der Waals surface area contributed by atoms with Gasteiger partial charge in [0.15, 0.2) is 0 Å². The van der Waals surface area contributed by atoms with Crippen molar-refractivity contribution in [3.05, 3.63) is 64.1 Å². The zero-order chi connectivity index (χ0) is 16.2. The second kappa shape index (κ2) is 6.83. The van der Waals surface area contributed by atoms with Crippen molar-refractivity contribution in [2.24, 2.45) is 0 Å². The highest BCUT2D eigenvalue weighted by atomic mass is 79.9. The van der Waals surface area contributed by atoms with Gasteiger partial charge in [-0.05, 0) is 29.8 Å². The van der Waals surface area contributed by atoms with Crippen LogP contribution in [0, 0.1) is 0 Å². The van der Waals surface area contributed by atoms with Gasteiger partial charge in [0, 0.05) is 16.7 Å². The summed E-state index contributed by atoms with van der Waals surface area (Å²) in [5, 5.41) is 4.96. The second-order valence-electron chi connectivity index (χ2n) is 4.48. The van der Waals surface area contributed by atoms with E-state index in [0.717, 1.165) is 22.2 Å². The summed E-state index contributed by atoms with van der Waals surface area (Å²) in [7, 11) is 0. The molecule has 0 bridgehead atoms. The Balaban J connectivity index is 1.97. The Hall–Kier alpha value is -2.02. The highest BCUT2D eigenvalue weighted by Crippen LogP contribution is 2.30. The van der Waals surface area contributed by atoms with Crippen molar-refractivity contribution in [1.82, 2.24) is 5.32 Å². The summed E-state index contributed by atoms with van der Waals surface area (Å²) >= 11 is 3.35. The molecule has 22 heavy (non-hydrogen) atoms. The fraction of sp³-hybridized carbons (Fsp3) is 0.133. The minimum absolute atomic E-state index is 0.0828. The fourth-order valence-corrected chi connectivity index (χ4v) is 2.19. The zero-order valence-electron chi connectivity index (χ0n) is 11.2. The lowest BCUT2D eigenvalue weighted by atomic mass is 10.2. The standard InChI is InChI=1S/C15H12BrF3N2O/c16-13-7-2-1-4-10(13)9-20-14(22)21-12-6-3-5-11(8-12)15(17,18)19/h1-8H,9H2,(H2,20,21,22). The normalized spacial score (nSPS) is 11.1. The molecule has 2 aromatic carbocycles. The Labute approximate surface area is 133 Å². The molecule has 2 aromatic rings. The Morgan fingerprint density at radius 1 is 1.09 bits per heavy atom. The number of urea groups is 1. The summed E-state index contributed by atoms with van der Waals surface area (Å²) in [6.45, 7) is 0.256. The van der Waals surface area contributed by atoms with Crippen LogP contribution in [0.3, 0.4) is 0 Å². The summed E-state index contributed by atoms with van der Waals surface area (Å²) in [5.74, 6) is 0. The highest BCUT2D eigenvalue weighted by molar-refractivity contribution is 9.10. The summed E-state index contributed by atoms with van der Waals surface area (Å²) in [6.07, 6.45) is -4.44. The number of anilines is 1. The van der Waals surface area contributed by atoms with Crippen molar-refractivity contribution in [3.63, 3.8) is 0 Å². The number of halogens is 4. The second-order valence-corrected chi connectivity index (χ2v) is 5.33. The molecule has 0 saturated carbocycles. The molecule has 3 nitrogen and oxygen atoms in total. The third-order valence-electron chi connectivity index (χ3n) is 2.85. The lowest BCUT2D eigenvalue weighted by molar-refractivity contribution is -0.137. The number of nitrogens with one attached hydrogen (secondary N) is 2. The van der Waals surface area contributed by atoms with Gasteiger partial charge in [-0.1, -0.05) is 40.2 Å². The molecule has 0 saturated heterocycles. The van der Waals surface area contributed by atoms with Gasteiger partial charge in [0.25, 0.3) is 0 Å². The van der Waals surface area contributed by atoms with Crippen LogP contribution >= 0.6 is 15.9 Å². The predicted molar refractivity (Wildman–Crippen MR) is 81.4 cm³/mol. The molecule has 2 amide bonds. The minimum atomic E-state index is -4.44. The zero-order valence-corrected chi connectivity index (χ0v) is 12.8. The van der Waals surface area contributed by atoms with Crippen LogP contribution in [0.1, 0.15) is 11.1 Å². The van der Waals surface area contributed by atoms with Crippen molar-refractivity contribution in [2.75, 3.05) is 5.32 Å². The lowest BCUT2D eigenvalue weighted by Gasteiger charge is -2.11. The summed E-state index contributed by atoms with van der Waals surface area (Å²) in [5.41, 5.74) is 0.136. The quantitative estimate of drug-likeness (QED) is 0.798. The van der Waals surface area contributed by atoms with Crippen LogP contribution in [-0.2, 0) is 12.7 Å². The highest BCUT2D eigenvalue weighted by Gasteiger charge is 2.30. The molecular weight excluding hydrogens is 361 g/mol. The summed E-state index contributed by atoms with van der Waals surface area (Å²) in [4.78, 5) is 11.7. The van der Waals surface area contributed by atoms with Crippen molar-refractivity contribution in [1.29, 1.82) is 0 Å². The van der Waals surface area contributed by atoms with E-state index < -0.39 is 17.8 Å². The van der Waals surface area contributed by atoms with Gasteiger partial charge in [0.2, 0.25) is 0 Å². The number of alkyl halides is 3. The Morgan fingerprint density at radius 2 is 1.82 bits per heavy atom. The average Bonchev–Trinajstić information content (AvgIpc) is 2.46. The fourth-order valence-electron chi connectivity index (χ4n) is 1.77. The molecule has 2 rings (SSSR count). The molecule has 0 unspecified atom stereocenters. The molecule has 0 radical (unpaired) electrons. The molecule has 2 N–H and O–H groups in total. The Morgan fingerprint density at radius 3 is 2.50 bits per heavy atom. The largest absolute Gasteiger partial charge is 0.416 e. The minimum Gasteiger partial charge on any atom is -0.334 e. The van der Waals surface area contributed by atoms with Crippen LogP contribution in [0.25, 0.3) is 0 Å². The number of hydrogen-bond acceptors (Lipinski definition) is 1. The Bertz CT molecular complexity index is 674. The number of benzene rings is 2. The van der Waals surface area contributed by atoms with Crippen LogP contribution in [0.2, 0.25) is 0 Å². The van der Waals surface area contributed by atoms with Crippen LogP contribution in [0.5, 0.6) is 0 Å². The molecule has 0 aliphatic heterocycles. The van der Waals surface area contributed by atoms with E-state index >= 15 is 0 Å². The third-order valence-corrected chi connectivity index (χ3v) is 3.62. The van der Waals surface area contributed by atoms with Crippen LogP contribution in [0.4, 0.5) is 23.7 Å². The molecule has 7 heteroatoms. The van der Waals surface area contributed by atoms with Crippen LogP contribution in [0.15, 0.2) is 53.0 Å². The molecule has 0 heterocycles. The van der Waals surface area contributed by atoms with E-state index in [0.29, 0.717) is 0 Å². The maximum absolute atomic E-state index is 12.6. The smallest absolute Gasteiger partial charge is 0.334 e. The van der Waals surface area contributed by atoms with Gasteiger partial charge in [-0.25, -0.2) is 4.79 Å². The monoisotopic (exact) mass is 372 g/mol. The SMILES string of the molecule is O=C(NCc1ccccc1Br)Nc1cccc(C(F)(F)F)c1. The molecule has 0 aromatic heterocycles. The molecule has 0 fully saturated rings. The van der Waals surface area contributed by atoms with Crippen molar-refractivity contribution < 1.29 is 18.0 Å². The average molecular weight is 373 g/mol. The third kappa shape index (κ3) is 4.49. The Kier molecular flexibility index (Phi) is 5.07. The topological polar surface area (TPSA) is 41.1 Å². The van der Waals surface area contributed by atoms with Gasteiger partial charge < -0.3 is 10.6 Å². The van der Waals surface area contributed by atoms with Gasteiger partial charge in [0.1, 0.15) is 0 Å². The number of rotatable bonds is 3. The molecule has 0 aliphatic carbocycles. The first-order valence-corrected chi connectivity index (χ1v) is 7.11. The van der Waals surface area contributed by atoms with Gasteiger partial charge in [-0.15, -0.1) is 0 Å². The summed E-state index contributed by atoms with van der Waals surface area (Å²) in [6, 6.07) is 11.2. The first-order chi connectivity index (χ1) is 10.4. The van der Waals surface area contributed by atoms with Crippen molar-refractivity contribution in [2.45, 2.75) is 12.7 Å². The van der Waals surface area contributed by atoms with E-state index in [9.17, 15) is 18.0 Å². The molecule has 0 spiro atoms. The number of carbonyl (C=O) groups is 1. The van der Waals surface area contributed by atoms with E-state index in [1.807, 2.05) is 24.3 Å². The predicted octanol–water partition coefficient (Wildman–Crippen LogP) is 4.79. The van der Waals surface area contributed by atoms with Crippen LogP contribution < -0.4 is 10.6 Å². The van der Waals surface area contributed by atoms with Gasteiger partial charge in [0.05, 0.1) is 5.56 Å². The summed E-state index contributed by atoms with van der Waals surface area (Å²) < 4.78 is 38.6. The number of carbonyl (C=O) groups excluding carboxylic acids is 1. The van der Waals surface area contributed by atoms with Gasteiger partial charge in [-0.2, -0.15) is 13.2 Å². The lowest BCUT2D eigenvalue weighted by Crippen LogP contribution is -2.28. The number of amides is 2. The number of hydrogen-bond donors (Lipinski definition) is 2. The molecule has 116 valence electrons. The van der Waals surface area contributed by atoms with Gasteiger partial charge in [-0.3, -0.25) is 0 Å². The first kappa shape index (κ1) is 16.4. The van der Waals surface area contributed by atoms with Crippen molar-refractivity contribution in [3.8, 4) is 0 Å². The van der Waals surface area contributed by atoms with E-state index in [1.54, 1.807) is 0 Å². The van der Waals surface area contributed by atoms with E-state index in [4.69, 9.17) is 0 Å². The molecule has 0 aliphatic rings. The first-order valence-electron chi connectivity index (χ1n) is 6.32. The van der Waals surface area contributed by atoms with Crippen LogP contribution in [-0.4, -0.2) is 6.03 Å². The molecular formula is C15H12BrF3N2O. The van der Waals surface area contributed by atoms with E-state index in [2.05, 4.69) is 26.6 Å². The van der Waals surface area contributed by atoms with E-state index in [-0.39, 0.29) is 12.2 Å². The van der Waals surface area contributed by atoms with Gasteiger partial charge >= 0.3 is 12.2 Å². The maximum atomic E-state index is 12.6.